The lowest BCUT2D eigenvalue weighted by molar-refractivity contribution is -0.178. The van der Waals surface area contributed by atoms with Gasteiger partial charge in [0.05, 0.1) is 24.4 Å². The zero-order valence-electron chi connectivity index (χ0n) is 17.0. The Balaban J connectivity index is 1.65. The fourth-order valence-corrected chi connectivity index (χ4v) is 5.02. The molecule has 1 saturated heterocycles. The van der Waals surface area contributed by atoms with Crippen molar-refractivity contribution in [3.05, 3.63) is 64.6 Å². The number of aliphatic hydroxyl groups is 3. The van der Waals surface area contributed by atoms with Crippen LogP contribution < -0.4 is 0 Å². The molecule has 5 atom stereocenters. The zero-order valence-corrected chi connectivity index (χ0v) is 18.6. The van der Waals surface area contributed by atoms with Crippen molar-refractivity contribution in [3.8, 4) is 17.3 Å². The molecule has 8 nitrogen and oxygen atoms in total. The highest BCUT2D eigenvalue weighted by Gasteiger charge is 2.46. The summed E-state index contributed by atoms with van der Waals surface area (Å²) in [5, 5.41) is 48.5. The Morgan fingerprint density at radius 2 is 1.82 bits per heavy atom. The maximum Gasteiger partial charge on any atom is 0.194 e. The summed E-state index contributed by atoms with van der Waals surface area (Å²) >= 11 is 7.04. The first kappa shape index (κ1) is 24.5. The van der Waals surface area contributed by atoms with E-state index in [9.17, 15) is 28.5 Å². The molecule has 0 spiro atoms. The van der Waals surface area contributed by atoms with Gasteiger partial charge in [0, 0.05) is 15.5 Å². The van der Waals surface area contributed by atoms with Gasteiger partial charge in [-0.2, -0.15) is 5.26 Å². The second-order valence-electron chi connectivity index (χ2n) is 7.44. The van der Waals surface area contributed by atoms with Crippen LogP contribution in [-0.4, -0.2) is 60.7 Å². The maximum atomic E-state index is 13.6. The lowest BCUT2D eigenvalue weighted by Crippen LogP contribution is -2.55. The standard InChI is InChI=1S/C21H16ClF3N4O4S/c22-11-1-9(6-26)2-12(5-11)34-21-20(32)18(19(31)16(8-30)33-21)29-7-15(27-28-29)10-3-13(23)17(25)14(24)4-10/h1-5,7,16,18-21,30-32H,8H2/t16-,18+,19+,20-,21-/m1/s1. The molecule has 0 saturated carbocycles. The van der Waals surface area contributed by atoms with Gasteiger partial charge in [0.2, 0.25) is 0 Å². The number of aromatic nitrogens is 3. The number of halogens is 4. The molecule has 0 aliphatic carbocycles. The Bertz CT molecular complexity index is 1230. The normalized spacial score (nSPS) is 24.7. The van der Waals surface area contributed by atoms with Crippen molar-refractivity contribution in [2.45, 2.75) is 34.7 Å². The van der Waals surface area contributed by atoms with Gasteiger partial charge in [-0.25, -0.2) is 17.9 Å². The number of benzene rings is 2. The Hall–Kier alpha value is -2.66. The van der Waals surface area contributed by atoms with Gasteiger partial charge >= 0.3 is 0 Å². The third kappa shape index (κ3) is 4.76. The molecule has 1 aromatic heterocycles. The molecular formula is C21H16ClF3N4O4S. The largest absolute Gasteiger partial charge is 0.394 e. The Morgan fingerprint density at radius 3 is 2.47 bits per heavy atom. The molecule has 3 aromatic rings. The van der Waals surface area contributed by atoms with Gasteiger partial charge in [0.15, 0.2) is 17.5 Å². The minimum absolute atomic E-state index is 0.0399. The Kier molecular flexibility index (Phi) is 7.13. The van der Waals surface area contributed by atoms with Crippen LogP contribution in [-0.2, 0) is 4.74 Å². The van der Waals surface area contributed by atoms with Gasteiger partial charge in [-0.1, -0.05) is 28.6 Å². The van der Waals surface area contributed by atoms with E-state index in [2.05, 4.69) is 10.3 Å². The van der Waals surface area contributed by atoms with Gasteiger partial charge in [-0.15, -0.1) is 5.10 Å². The van der Waals surface area contributed by atoms with Crippen LogP contribution >= 0.6 is 23.4 Å². The van der Waals surface area contributed by atoms with Crippen molar-refractivity contribution in [2.24, 2.45) is 0 Å². The third-order valence-corrected chi connectivity index (χ3v) is 6.54. The molecular weight excluding hydrogens is 497 g/mol. The van der Waals surface area contributed by atoms with E-state index >= 15 is 0 Å². The van der Waals surface area contributed by atoms with E-state index in [0.717, 1.165) is 28.6 Å². The fraction of sp³-hybridized carbons (Fsp3) is 0.286. The Morgan fingerprint density at radius 1 is 1.12 bits per heavy atom. The molecule has 1 aliphatic heterocycles. The topological polar surface area (TPSA) is 124 Å². The number of nitriles is 1. The predicted octanol–water partition coefficient (Wildman–Crippen LogP) is 2.66. The maximum absolute atomic E-state index is 13.6. The highest BCUT2D eigenvalue weighted by atomic mass is 35.5. The summed E-state index contributed by atoms with van der Waals surface area (Å²) in [6, 6.07) is 6.83. The first-order chi connectivity index (χ1) is 16.2. The average molecular weight is 513 g/mol. The molecule has 1 fully saturated rings. The molecule has 3 N–H and O–H groups in total. The minimum atomic E-state index is -1.63. The number of thioether (sulfide) groups is 1. The van der Waals surface area contributed by atoms with Crippen molar-refractivity contribution >= 4 is 23.4 Å². The number of ether oxygens (including phenoxy) is 1. The SMILES string of the molecule is N#Cc1cc(Cl)cc(S[C@H]2O[C@H](CO)[C@H](O)[C@H](n3cc(-c4cc(F)c(F)c(F)c4)nn3)[C@H]2O)c1. The van der Waals surface area contributed by atoms with Crippen LogP contribution in [0.2, 0.25) is 5.02 Å². The third-order valence-electron chi connectivity index (χ3n) is 5.20. The van der Waals surface area contributed by atoms with Gasteiger partial charge in [0.25, 0.3) is 0 Å². The summed E-state index contributed by atoms with van der Waals surface area (Å²) in [4.78, 5) is 0.497. The minimum Gasteiger partial charge on any atom is -0.394 e. The first-order valence-electron chi connectivity index (χ1n) is 9.78. The summed E-state index contributed by atoms with van der Waals surface area (Å²) in [5.74, 6) is -4.45. The molecule has 0 amide bonds. The molecule has 4 rings (SSSR count). The van der Waals surface area contributed by atoms with Gasteiger partial charge in [-0.05, 0) is 30.3 Å². The second-order valence-corrected chi connectivity index (χ2v) is 9.05. The van der Waals surface area contributed by atoms with Crippen LogP contribution in [0.5, 0.6) is 0 Å². The summed E-state index contributed by atoms with van der Waals surface area (Å²) in [7, 11) is 0. The highest BCUT2D eigenvalue weighted by molar-refractivity contribution is 7.99. The molecule has 0 unspecified atom stereocenters. The van der Waals surface area contributed by atoms with Crippen molar-refractivity contribution in [3.63, 3.8) is 0 Å². The van der Waals surface area contributed by atoms with Crippen LogP contribution in [0.15, 0.2) is 41.4 Å². The molecule has 178 valence electrons. The number of hydrogen-bond donors (Lipinski definition) is 3. The van der Waals surface area contributed by atoms with Crippen molar-refractivity contribution in [1.82, 2.24) is 15.0 Å². The van der Waals surface area contributed by atoms with Crippen LogP contribution in [0.4, 0.5) is 13.2 Å². The van der Waals surface area contributed by atoms with E-state index in [1.54, 1.807) is 6.07 Å². The smallest absolute Gasteiger partial charge is 0.194 e. The van der Waals surface area contributed by atoms with Crippen LogP contribution in [0.3, 0.4) is 0 Å². The van der Waals surface area contributed by atoms with Crippen LogP contribution in [0, 0.1) is 28.8 Å². The van der Waals surface area contributed by atoms with E-state index < -0.39 is 53.8 Å². The molecule has 0 radical (unpaired) electrons. The number of nitrogens with zero attached hydrogens (tertiary/aromatic N) is 4. The molecule has 1 aliphatic rings. The van der Waals surface area contributed by atoms with Crippen molar-refractivity contribution in [1.29, 1.82) is 5.26 Å². The monoisotopic (exact) mass is 512 g/mol. The highest BCUT2D eigenvalue weighted by Crippen LogP contribution is 2.39. The van der Waals surface area contributed by atoms with E-state index in [0.29, 0.717) is 9.92 Å². The van der Waals surface area contributed by atoms with Gasteiger partial charge in [0.1, 0.15) is 35.5 Å². The summed E-state index contributed by atoms with van der Waals surface area (Å²) < 4.78 is 47.3. The van der Waals surface area contributed by atoms with Crippen LogP contribution in [0.25, 0.3) is 11.3 Å². The molecule has 2 heterocycles. The predicted molar refractivity (Wildman–Crippen MR) is 114 cm³/mol. The average Bonchev–Trinajstić information content (AvgIpc) is 3.28. The molecule has 0 bridgehead atoms. The fourth-order valence-electron chi connectivity index (χ4n) is 3.57. The molecule has 34 heavy (non-hydrogen) atoms. The summed E-state index contributed by atoms with van der Waals surface area (Å²) in [6.45, 7) is -0.587. The number of rotatable bonds is 5. The number of aliphatic hydroxyl groups excluding tert-OH is 3. The second kappa shape index (κ2) is 9.91. The first-order valence-corrected chi connectivity index (χ1v) is 11.0. The quantitative estimate of drug-likeness (QED) is 0.446. The lowest BCUT2D eigenvalue weighted by atomic mass is 9.97. The Labute approximate surface area is 200 Å². The molecule has 2 aromatic carbocycles. The van der Waals surface area contributed by atoms with Crippen molar-refractivity contribution < 1.29 is 33.2 Å². The molecule has 13 heteroatoms. The lowest BCUT2D eigenvalue weighted by Gasteiger charge is -2.41. The zero-order chi connectivity index (χ0) is 24.6. The van der Waals surface area contributed by atoms with Crippen LogP contribution in [0.1, 0.15) is 11.6 Å². The van der Waals surface area contributed by atoms with Gasteiger partial charge in [-0.3, -0.25) is 0 Å². The summed E-state index contributed by atoms with van der Waals surface area (Å²) in [5.41, 5.74) is -0.882. The van der Waals surface area contributed by atoms with Gasteiger partial charge < -0.3 is 20.1 Å². The van der Waals surface area contributed by atoms with E-state index in [1.165, 1.54) is 18.3 Å². The van der Waals surface area contributed by atoms with E-state index in [-0.39, 0.29) is 16.8 Å². The van der Waals surface area contributed by atoms with E-state index in [1.807, 2.05) is 6.07 Å². The number of hydrogen-bond acceptors (Lipinski definition) is 8. The van der Waals surface area contributed by atoms with E-state index in [4.69, 9.17) is 21.6 Å². The summed E-state index contributed by atoms with van der Waals surface area (Å²) in [6.07, 6.45) is -2.72. The van der Waals surface area contributed by atoms with Crippen molar-refractivity contribution in [2.75, 3.05) is 6.61 Å².